The number of carbonyl (C=O) groups is 1. The molecule has 0 spiro atoms. The van der Waals surface area contributed by atoms with Crippen LogP contribution in [-0.2, 0) is 11.3 Å². The van der Waals surface area contributed by atoms with Crippen LogP contribution in [0.4, 0.5) is 4.39 Å². The first-order chi connectivity index (χ1) is 14.8. The fourth-order valence-corrected chi connectivity index (χ4v) is 4.53. The number of hydrogen-bond acceptors (Lipinski definition) is 4. The largest absolute Gasteiger partial charge is 0.481 e. The lowest BCUT2D eigenvalue weighted by Crippen LogP contribution is -2.35. The molecule has 160 valence electrons. The molecule has 0 aliphatic heterocycles. The average Bonchev–Trinajstić information content (AvgIpc) is 3.25. The van der Waals surface area contributed by atoms with Crippen LogP contribution in [0.25, 0.3) is 16.2 Å². The van der Waals surface area contributed by atoms with Gasteiger partial charge in [0.05, 0.1) is 12.2 Å². The molecule has 0 saturated carbocycles. The summed E-state index contributed by atoms with van der Waals surface area (Å²) in [5.74, 6) is 0.255. The molecular formula is C24H24FN3O2S. The topological polar surface area (TPSA) is 55.6 Å². The Morgan fingerprint density at radius 3 is 2.48 bits per heavy atom. The molecule has 7 heteroatoms. The Balaban J connectivity index is 1.42. The van der Waals surface area contributed by atoms with Crippen molar-refractivity contribution < 1.29 is 13.9 Å². The number of benzene rings is 2. The summed E-state index contributed by atoms with van der Waals surface area (Å²) in [5.41, 5.74) is 4.87. The number of carbonyl (C=O) groups excluding carboxylic acids is 1. The molecule has 0 saturated heterocycles. The van der Waals surface area contributed by atoms with Crippen molar-refractivity contribution in [2.75, 3.05) is 0 Å². The maximum atomic E-state index is 13.2. The van der Waals surface area contributed by atoms with Gasteiger partial charge in [-0.15, -0.1) is 0 Å². The van der Waals surface area contributed by atoms with E-state index in [0.29, 0.717) is 12.3 Å². The molecule has 1 unspecified atom stereocenters. The first-order valence-electron chi connectivity index (χ1n) is 10.1. The van der Waals surface area contributed by atoms with Crippen molar-refractivity contribution in [3.8, 4) is 17.0 Å². The monoisotopic (exact) mass is 437 g/mol. The third-order valence-electron chi connectivity index (χ3n) is 5.09. The predicted molar refractivity (Wildman–Crippen MR) is 121 cm³/mol. The SMILES string of the molecule is Cc1cc(C)cc(OC(C)C(=O)NCc2sc3nc(-c4ccc(F)cc4)cn3c2C)c1. The molecule has 31 heavy (non-hydrogen) atoms. The van der Waals surface area contributed by atoms with Gasteiger partial charge in [0, 0.05) is 22.3 Å². The maximum Gasteiger partial charge on any atom is 0.261 e. The van der Waals surface area contributed by atoms with E-state index in [9.17, 15) is 9.18 Å². The van der Waals surface area contributed by atoms with Crippen LogP contribution in [0.5, 0.6) is 5.75 Å². The Morgan fingerprint density at radius 1 is 1.16 bits per heavy atom. The van der Waals surface area contributed by atoms with Crippen molar-refractivity contribution in [1.29, 1.82) is 0 Å². The molecule has 1 atom stereocenters. The molecule has 0 bridgehead atoms. The third kappa shape index (κ3) is 4.61. The van der Waals surface area contributed by atoms with Crippen molar-refractivity contribution in [3.05, 3.63) is 76.2 Å². The molecule has 4 aromatic rings. The van der Waals surface area contributed by atoms with Crippen molar-refractivity contribution in [2.24, 2.45) is 0 Å². The van der Waals surface area contributed by atoms with E-state index in [1.807, 2.05) is 43.5 Å². The predicted octanol–water partition coefficient (Wildman–Crippen LogP) is 5.21. The van der Waals surface area contributed by atoms with Gasteiger partial charge in [-0.1, -0.05) is 17.4 Å². The highest BCUT2D eigenvalue weighted by molar-refractivity contribution is 7.17. The van der Waals surface area contributed by atoms with Crippen molar-refractivity contribution in [2.45, 2.75) is 40.3 Å². The van der Waals surface area contributed by atoms with E-state index in [1.165, 1.54) is 23.5 Å². The van der Waals surface area contributed by atoms with Crippen LogP contribution in [-0.4, -0.2) is 21.4 Å². The number of ether oxygens (including phenoxy) is 1. The van der Waals surface area contributed by atoms with Crippen LogP contribution in [0.15, 0.2) is 48.7 Å². The molecule has 2 heterocycles. The number of amides is 1. The minimum Gasteiger partial charge on any atom is -0.481 e. The summed E-state index contributed by atoms with van der Waals surface area (Å²) >= 11 is 1.53. The second kappa shape index (κ2) is 8.51. The molecule has 1 N–H and O–H groups in total. The van der Waals surface area contributed by atoms with Gasteiger partial charge in [0.2, 0.25) is 0 Å². The zero-order chi connectivity index (χ0) is 22.1. The molecule has 0 aliphatic carbocycles. The summed E-state index contributed by atoms with van der Waals surface area (Å²) in [4.78, 5) is 19.0. The van der Waals surface area contributed by atoms with E-state index in [2.05, 4.69) is 16.4 Å². The molecule has 0 radical (unpaired) electrons. The number of fused-ring (bicyclic) bond motifs is 1. The molecule has 5 nitrogen and oxygen atoms in total. The van der Waals surface area contributed by atoms with E-state index < -0.39 is 6.10 Å². The highest BCUT2D eigenvalue weighted by Crippen LogP contribution is 2.27. The molecular weight excluding hydrogens is 413 g/mol. The molecule has 4 rings (SSSR count). The number of aromatic nitrogens is 2. The zero-order valence-corrected chi connectivity index (χ0v) is 18.7. The molecule has 1 amide bonds. The van der Waals surface area contributed by atoms with Crippen LogP contribution in [0.1, 0.15) is 28.6 Å². The molecule has 2 aromatic heterocycles. The number of aryl methyl sites for hydroxylation is 3. The minimum atomic E-state index is -0.601. The Morgan fingerprint density at radius 2 is 1.84 bits per heavy atom. The van der Waals surface area contributed by atoms with E-state index >= 15 is 0 Å². The molecule has 0 fully saturated rings. The van der Waals surface area contributed by atoms with Crippen LogP contribution in [0.3, 0.4) is 0 Å². The smallest absolute Gasteiger partial charge is 0.261 e. The normalized spacial score (nSPS) is 12.2. The van der Waals surface area contributed by atoms with Crippen LogP contribution >= 0.6 is 11.3 Å². The first kappa shape index (κ1) is 21.1. The summed E-state index contributed by atoms with van der Waals surface area (Å²) in [6, 6.07) is 12.2. The van der Waals surface area contributed by atoms with E-state index in [4.69, 9.17) is 4.74 Å². The highest BCUT2D eigenvalue weighted by Gasteiger charge is 2.17. The first-order valence-corrected chi connectivity index (χ1v) is 10.9. The van der Waals surface area contributed by atoms with E-state index in [0.717, 1.165) is 37.9 Å². The van der Waals surface area contributed by atoms with Gasteiger partial charge in [0.1, 0.15) is 11.6 Å². The van der Waals surface area contributed by atoms with Gasteiger partial charge < -0.3 is 10.1 Å². The Kier molecular flexibility index (Phi) is 5.78. The quantitative estimate of drug-likeness (QED) is 0.450. The minimum absolute atomic E-state index is 0.170. The second-order valence-corrected chi connectivity index (χ2v) is 8.76. The lowest BCUT2D eigenvalue weighted by atomic mass is 10.1. The standard InChI is InChI=1S/C24H24FN3O2S/c1-14-9-15(2)11-20(10-14)30-17(4)23(29)26-12-22-16(3)28-13-21(27-24(28)31-22)18-5-7-19(25)8-6-18/h5-11,13,17H,12H2,1-4H3,(H,26,29). The zero-order valence-electron chi connectivity index (χ0n) is 17.9. The van der Waals surface area contributed by atoms with E-state index in [1.54, 1.807) is 19.1 Å². The van der Waals surface area contributed by atoms with Crippen LogP contribution < -0.4 is 10.1 Å². The Hall–Kier alpha value is -3.19. The number of imidazole rings is 1. The Bertz CT molecular complexity index is 1220. The third-order valence-corrected chi connectivity index (χ3v) is 6.25. The molecule has 0 aliphatic rings. The van der Waals surface area contributed by atoms with Crippen molar-refractivity contribution in [1.82, 2.24) is 14.7 Å². The van der Waals surface area contributed by atoms with Gasteiger partial charge in [0.15, 0.2) is 11.1 Å². The van der Waals surface area contributed by atoms with Crippen LogP contribution in [0, 0.1) is 26.6 Å². The number of rotatable bonds is 6. The average molecular weight is 438 g/mol. The second-order valence-electron chi connectivity index (χ2n) is 7.70. The summed E-state index contributed by atoms with van der Waals surface area (Å²) in [6.07, 6.45) is 1.33. The van der Waals surface area contributed by atoms with Gasteiger partial charge in [0.25, 0.3) is 5.91 Å². The number of hydrogen-bond donors (Lipinski definition) is 1. The number of nitrogens with zero attached hydrogens (tertiary/aromatic N) is 2. The number of thiazole rings is 1. The van der Waals surface area contributed by atoms with Gasteiger partial charge in [-0.3, -0.25) is 9.20 Å². The van der Waals surface area contributed by atoms with E-state index in [-0.39, 0.29) is 11.7 Å². The van der Waals surface area contributed by atoms with Crippen molar-refractivity contribution in [3.63, 3.8) is 0 Å². The van der Waals surface area contributed by atoms with Crippen molar-refractivity contribution >= 4 is 22.2 Å². The number of nitrogens with one attached hydrogen (secondary N) is 1. The lowest BCUT2D eigenvalue weighted by molar-refractivity contribution is -0.127. The van der Waals surface area contributed by atoms with Gasteiger partial charge in [-0.25, -0.2) is 9.37 Å². The summed E-state index contributed by atoms with van der Waals surface area (Å²) in [7, 11) is 0. The summed E-state index contributed by atoms with van der Waals surface area (Å²) < 4.78 is 21.0. The highest BCUT2D eigenvalue weighted by atomic mass is 32.1. The van der Waals surface area contributed by atoms with Gasteiger partial charge in [-0.05, 0) is 75.2 Å². The summed E-state index contributed by atoms with van der Waals surface area (Å²) in [6.45, 7) is 8.15. The molecule has 2 aromatic carbocycles. The van der Waals surface area contributed by atoms with Crippen LogP contribution in [0.2, 0.25) is 0 Å². The fraction of sp³-hybridized carbons (Fsp3) is 0.250. The van der Waals surface area contributed by atoms with Gasteiger partial charge >= 0.3 is 0 Å². The lowest BCUT2D eigenvalue weighted by Gasteiger charge is -2.15. The fourth-order valence-electron chi connectivity index (χ4n) is 3.49. The Labute approximate surface area is 184 Å². The summed E-state index contributed by atoms with van der Waals surface area (Å²) in [5, 5.41) is 2.96. The maximum absolute atomic E-state index is 13.2. The van der Waals surface area contributed by atoms with Gasteiger partial charge in [-0.2, -0.15) is 0 Å². The number of halogens is 1.